The first-order chi connectivity index (χ1) is 11.8. The number of aryl methyl sites for hydroxylation is 2. The molecule has 1 aliphatic heterocycles. The summed E-state index contributed by atoms with van der Waals surface area (Å²) in [5.41, 5.74) is 2.77. The van der Waals surface area contributed by atoms with E-state index in [4.69, 9.17) is 0 Å². The lowest BCUT2D eigenvalue weighted by Crippen LogP contribution is -2.38. The average molecular weight is 340 g/mol. The number of carbonyl (C=O) groups excluding carboxylic acids is 2. The molecule has 2 aromatic rings. The number of fused-ring (bicyclic) bond motifs is 1. The highest BCUT2D eigenvalue weighted by Crippen LogP contribution is 2.27. The van der Waals surface area contributed by atoms with Gasteiger partial charge >= 0.3 is 5.97 Å². The molecule has 6 nitrogen and oxygen atoms in total. The summed E-state index contributed by atoms with van der Waals surface area (Å²) < 4.78 is 1.60. The molecule has 130 valence electrons. The number of rotatable bonds is 5. The fourth-order valence-electron chi connectivity index (χ4n) is 3.52. The molecule has 0 spiro atoms. The summed E-state index contributed by atoms with van der Waals surface area (Å²) in [5.74, 6) is -1.54. The molecule has 1 aromatic carbocycles. The zero-order chi connectivity index (χ0) is 18.3. The summed E-state index contributed by atoms with van der Waals surface area (Å²) in [5, 5.41) is 9.40. The van der Waals surface area contributed by atoms with Gasteiger partial charge in [-0.25, -0.2) is 4.79 Å². The van der Waals surface area contributed by atoms with E-state index in [1.54, 1.807) is 42.1 Å². The Balaban J connectivity index is 1.79. The molecule has 0 fully saturated rings. The minimum atomic E-state index is -0.973. The molecule has 0 bridgehead atoms. The van der Waals surface area contributed by atoms with E-state index < -0.39 is 5.97 Å². The molecule has 25 heavy (non-hydrogen) atoms. The predicted molar refractivity (Wildman–Crippen MR) is 91.8 cm³/mol. The third-order valence-corrected chi connectivity index (χ3v) is 4.78. The van der Waals surface area contributed by atoms with E-state index in [9.17, 15) is 19.5 Å². The van der Waals surface area contributed by atoms with Gasteiger partial charge in [-0.15, -0.1) is 0 Å². The Morgan fingerprint density at radius 3 is 2.24 bits per heavy atom. The van der Waals surface area contributed by atoms with Crippen molar-refractivity contribution in [3.05, 3.63) is 58.4 Å². The van der Waals surface area contributed by atoms with Crippen molar-refractivity contribution in [2.24, 2.45) is 7.05 Å². The number of aromatic carboxylic acids is 1. The Hall–Kier alpha value is -2.89. The third-order valence-electron chi connectivity index (χ3n) is 4.78. The lowest BCUT2D eigenvalue weighted by Gasteiger charge is -2.22. The Morgan fingerprint density at radius 1 is 1.16 bits per heavy atom. The van der Waals surface area contributed by atoms with Crippen LogP contribution < -0.4 is 0 Å². The SMILES string of the molecule is Cc1cn(C)c(C(=O)O)c1CC[C@H](C)N1C(=O)c2ccccc2C1=O. The van der Waals surface area contributed by atoms with Crippen LogP contribution in [0.2, 0.25) is 0 Å². The van der Waals surface area contributed by atoms with E-state index >= 15 is 0 Å². The predicted octanol–water partition coefficient (Wildman–Crippen LogP) is 2.65. The van der Waals surface area contributed by atoms with Crippen molar-refractivity contribution in [1.82, 2.24) is 9.47 Å². The lowest BCUT2D eigenvalue weighted by molar-refractivity contribution is 0.0586. The van der Waals surface area contributed by atoms with Gasteiger partial charge in [-0.1, -0.05) is 12.1 Å². The molecular weight excluding hydrogens is 320 g/mol. The molecule has 0 aliphatic carbocycles. The zero-order valence-corrected chi connectivity index (χ0v) is 14.4. The highest BCUT2D eigenvalue weighted by Gasteiger charge is 2.38. The molecule has 0 radical (unpaired) electrons. The van der Waals surface area contributed by atoms with Gasteiger partial charge < -0.3 is 9.67 Å². The molecule has 1 aliphatic rings. The van der Waals surface area contributed by atoms with Crippen LogP contribution in [0, 0.1) is 6.92 Å². The van der Waals surface area contributed by atoms with Gasteiger partial charge in [-0.05, 0) is 49.9 Å². The first-order valence-electron chi connectivity index (χ1n) is 8.18. The van der Waals surface area contributed by atoms with Crippen molar-refractivity contribution in [2.45, 2.75) is 32.7 Å². The first-order valence-corrected chi connectivity index (χ1v) is 8.18. The molecule has 2 amide bonds. The van der Waals surface area contributed by atoms with Gasteiger partial charge in [-0.2, -0.15) is 0 Å². The number of nitrogens with zero attached hydrogens (tertiary/aromatic N) is 2. The van der Waals surface area contributed by atoms with E-state index in [2.05, 4.69) is 0 Å². The van der Waals surface area contributed by atoms with E-state index in [1.807, 2.05) is 13.8 Å². The van der Waals surface area contributed by atoms with Crippen LogP contribution in [0.1, 0.15) is 55.7 Å². The number of carboxylic acids is 1. The number of carboxylic acid groups (broad SMARTS) is 1. The van der Waals surface area contributed by atoms with Crippen molar-refractivity contribution in [2.75, 3.05) is 0 Å². The maximum atomic E-state index is 12.5. The van der Waals surface area contributed by atoms with Gasteiger partial charge in [0, 0.05) is 19.3 Å². The van der Waals surface area contributed by atoms with Crippen molar-refractivity contribution < 1.29 is 19.5 Å². The van der Waals surface area contributed by atoms with Crippen LogP contribution in [0.5, 0.6) is 0 Å². The van der Waals surface area contributed by atoms with Crippen LogP contribution in [0.4, 0.5) is 0 Å². The molecule has 0 unspecified atom stereocenters. The maximum absolute atomic E-state index is 12.5. The van der Waals surface area contributed by atoms with Crippen LogP contribution in [0.15, 0.2) is 30.5 Å². The maximum Gasteiger partial charge on any atom is 0.352 e. The van der Waals surface area contributed by atoms with Crippen LogP contribution in [-0.4, -0.2) is 38.4 Å². The summed E-state index contributed by atoms with van der Waals surface area (Å²) in [7, 11) is 1.70. The van der Waals surface area contributed by atoms with E-state index in [-0.39, 0.29) is 23.6 Å². The fourth-order valence-corrected chi connectivity index (χ4v) is 3.52. The molecule has 3 rings (SSSR count). The van der Waals surface area contributed by atoms with Crippen molar-refractivity contribution in [3.63, 3.8) is 0 Å². The average Bonchev–Trinajstić information content (AvgIpc) is 2.99. The van der Waals surface area contributed by atoms with Crippen LogP contribution >= 0.6 is 0 Å². The molecule has 1 aromatic heterocycles. The minimum Gasteiger partial charge on any atom is -0.477 e. The smallest absolute Gasteiger partial charge is 0.352 e. The summed E-state index contributed by atoms with van der Waals surface area (Å²) in [6, 6.07) is 6.49. The highest BCUT2D eigenvalue weighted by atomic mass is 16.4. The third kappa shape index (κ3) is 2.73. The first kappa shape index (κ1) is 17.0. The van der Waals surface area contributed by atoms with Gasteiger partial charge in [0.1, 0.15) is 5.69 Å². The number of benzene rings is 1. The molecular formula is C19H20N2O4. The second-order valence-electron chi connectivity index (χ2n) is 6.47. The Kier molecular flexibility index (Phi) is 4.20. The zero-order valence-electron chi connectivity index (χ0n) is 14.4. The molecule has 2 heterocycles. The van der Waals surface area contributed by atoms with E-state index in [0.717, 1.165) is 11.1 Å². The van der Waals surface area contributed by atoms with Crippen molar-refractivity contribution in [1.29, 1.82) is 0 Å². The Bertz CT molecular complexity index is 847. The normalized spacial score (nSPS) is 14.8. The number of hydrogen-bond donors (Lipinski definition) is 1. The number of carbonyl (C=O) groups is 3. The molecule has 0 saturated carbocycles. The second-order valence-corrected chi connectivity index (χ2v) is 6.47. The fraction of sp³-hybridized carbons (Fsp3) is 0.316. The van der Waals surface area contributed by atoms with Gasteiger partial charge in [0.05, 0.1) is 11.1 Å². The number of amides is 2. The Labute approximate surface area is 145 Å². The summed E-state index contributed by atoms with van der Waals surface area (Å²) in [4.78, 5) is 37.8. The van der Waals surface area contributed by atoms with Crippen LogP contribution in [0.3, 0.4) is 0 Å². The van der Waals surface area contributed by atoms with Crippen molar-refractivity contribution >= 4 is 17.8 Å². The largest absolute Gasteiger partial charge is 0.477 e. The van der Waals surface area contributed by atoms with Gasteiger partial charge in [0.25, 0.3) is 11.8 Å². The minimum absolute atomic E-state index is 0.257. The monoisotopic (exact) mass is 340 g/mol. The Morgan fingerprint density at radius 2 is 1.72 bits per heavy atom. The molecule has 1 N–H and O–H groups in total. The number of aromatic nitrogens is 1. The van der Waals surface area contributed by atoms with Gasteiger partial charge in [-0.3, -0.25) is 14.5 Å². The van der Waals surface area contributed by atoms with E-state index in [0.29, 0.717) is 24.0 Å². The summed E-state index contributed by atoms with van der Waals surface area (Å²) in [6.07, 6.45) is 2.78. The summed E-state index contributed by atoms with van der Waals surface area (Å²) in [6.45, 7) is 3.69. The number of imide groups is 1. The molecule has 1 atom stereocenters. The molecule has 6 heteroatoms. The number of hydrogen-bond acceptors (Lipinski definition) is 3. The van der Waals surface area contributed by atoms with Gasteiger partial charge in [0.2, 0.25) is 0 Å². The second kappa shape index (κ2) is 6.20. The highest BCUT2D eigenvalue weighted by molar-refractivity contribution is 6.21. The van der Waals surface area contributed by atoms with Crippen LogP contribution in [0.25, 0.3) is 0 Å². The van der Waals surface area contributed by atoms with Gasteiger partial charge in [0.15, 0.2) is 0 Å². The van der Waals surface area contributed by atoms with E-state index in [1.165, 1.54) is 4.90 Å². The topological polar surface area (TPSA) is 79.6 Å². The summed E-state index contributed by atoms with van der Waals surface area (Å²) >= 11 is 0. The lowest BCUT2D eigenvalue weighted by atomic mass is 10.0. The van der Waals surface area contributed by atoms with Crippen LogP contribution in [-0.2, 0) is 13.5 Å². The van der Waals surface area contributed by atoms with Crippen molar-refractivity contribution in [3.8, 4) is 0 Å². The standard InChI is InChI=1S/C19H20N2O4/c1-11-10-20(3)16(19(24)25)13(11)9-8-12(2)21-17(22)14-6-4-5-7-15(14)18(21)23/h4-7,10,12H,8-9H2,1-3H3,(H,24,25)/t12-/m0/s1. The molecule has 0 saturated heterocycles. The quantitative estimate of drug-likeness (QED) is 0.849.